The molecule has 0 aliphatic heterocycles. The minimum absolute atomic E-state index is 0.275. The molecule has 0 fully saturated rings. The van der Waals surface area contributed by atoms with Crippen LogP contribution in [0.3, 0.4) is 0 Å². The SMILES string of the molecule is CCNCc1ccc(OCc2ccncc2)c(F)c1. The predicted octanol–water partition coefficient (Wildman–Crippen LogP) is 2.91. The Hall–Kier alpha value is -1.94. The first kappa shape index (κ1) is 13.5. The Morgan fingerprint density at radius 2 is 1.95 bits per heavy atom. The second-order valence-electron chi connectivity index (χ2n) is 4.19. The van der Waals surface area contributed by atoms with Gasteiger partial charge >= 0.3 is 0 Å². The zero-order valence-electron chi connectivity index (χ0n) is 10.9. The van der Waals surface area contributed by atoms with Gasteiger partial charge < -0.3 is 10.1 Å². The number of hydrogen-bond donors (Lipinski definition) is 1. The highest BCUT2D eigenvalue weighted by Crippen LogP contribution is 2.19. The van der Waals surface area contributed by atoms with E-state index in [2.05, 4.69) is 10.3 Å². The maximum atomic E-state index is 13.8. The summed E-state index contributed by atoms with van der Waals surface area (Å²) in [6.45, 7) is 3.88. The third kappa shape index (κ3) is 4.03. The number of rotatable bonds is 6. The van der Waals surface area contributed by atoms with Crippen LogP contribution in [0.4, 0.5) is 4.39 Å². The van der Waals surface area contributed by atoms with Crippen molar-refractivity contribution in [1.82, 2.24) is 10.3 Å². The van der Waals surface area contributed by atoms with Gasteiger partial charge in [-0.3, -0.25) is 4.98 Å². The molecular formula is C15H17FN2O. The van der Waals surface area contributed by atoms with E-state index in [0.29, 0.717) is 13.2 Å². The minimum Gasteiger partial charge on any atom is -0.486 e. The van der Waals surface area contributed by atoms with Gasteiger partial charge in [-0.15, -0.1) is 0 Å². The molecule has 19 heavy (non-hydrogen) atoms. The predicted molar refractivity (Wildman–Crippen MR) is 72.3 cm³/mol. The third-order valence-electron chi connectivity index (χ3n) is 2.72. The molecule has 100 valence electrons. The molecule has 4 heteroatoms. The topological polar surface area (TPSA) is 34.1 Å². The number of nitrogens with zero attached hydrogens (tertiary/aromatic N) is 1. The Morgan fingerprint density at radius 3 is 2.63 bits per heavy atom. The van der Waals surface area contributed by atoms with Crippen molar-refractivity contribution < 1.29 is 9.13 Å². The zero-order valence-corrected chi connectivity index (χ0v) is 10.9. The third-order valence-corrected chi connectivity index (χ3v) is 2.72. The van der Waals surface area contributed by atoms with Gasteiger partial charge in [-0.05, 0) is 41.9 Å². The molecule has 1 aromatic heterocycles. The van der Waals surface area contributed by atoms with Gasteiger partial charge in [-0.1, -0.05) is 13.0 Å². The quantitative estimate of drug-likeness (QED) is 0.867. The fourth-order valence-corrected chi connectivity index (χ4v) is 1.68. The summed E-state index contributed by atoms with van der Waals surface area (Å²) in [5.41, 5.74) is 1.88. The number of hydrogen-bond acceptors (Lipinski definition) is 3. The summed E-state index contributed by atoms with van der Waals surface area (Å²) < 4.78 is 19.3. The molecule has 0 bridgehead atoms. The van der Waals surface area contributed by atoms with E-state index in [1.807, 2.05) is 25.1 Å². The Labute approximate surface area is 112 Å². The zero-order chi connectivity index (χ0) is 13.5. The van der Waals surface area contributed by atoms with Crippen molar-refractivity contribution in [3.63, 3.8) is 0 Å². The van der Waals surface area contributed by atoms with Gasteiger partial charge in [0.25, 0.3) is 0 Å². The first-order chi connectivity index (χ1) is 9.29. The molecule has 0 aliphatic rings. The van der Waals surface area contributed by atoms with Crippen molar-refractivity contribution in [2.75, 3.05) is 6.54 Å². The van der Waals surface area contributed by atoms with E-state index >= 15 is 0 Å². The lowest BCUT2D eigenvalue weighted by Gasteiger charge is -2.09. The van der Waals surface area contributed by atoms with Crippen LogP contribution in [0.2, 0.25) is 0 Å². The van der Waals surface area contributed by atoms with Crippen LogP contribution in [0.25, 0.3) is 0 Å². The monoisotopic (exact) mass is 260 g/mol. The Morgan fingerprint density at radius 1 is 1.16 bits per heavy atom. The minimum atomic E-state index is -0.329. The van der Waals surface area contributed by atoms with Crippen LogP contribution in [0.15, 0.2) is 42.7 Å². The second-order valence-corrected chi connectivity index (χ2v) is 4.19. The number of halogens is 1. The first-order valence-electron chi connectivity index (χ1n) is 6.30. The van der Waals surface area contributed by atoms with Crippen molar-refractivity contribution in [2.24, 2.45) is 0 Å². The van der Waals surface area contributed by atoms with E-state index in [4.69, 9.17) is 4.74 Å². The summed E-state index contributed by atoms with van der Waals surface area (Å²) in [5, 5.41) is 3.15. The molecule has 1 N–H and O–H groups in total. The molecule has 0 unspecified atom stereocenters. The Bertz CT molecular complexity index is 517. The Kier molecular flexibility index (Phi) is 4.86. The average Bonchev–Trinajstić information content (AvgIpc) is 2.45. The van der Waals surface area contributed by atoms with Crippen LogP contribution in [0.1, 0.15) is 18.1 Å². The molecule has 3 nitrogen and oxygen atoms in total. The molecule has 0 amide bonds. The van der Waals surface area contributed by atoms with Crippen molar-refractivity contribution in [2.45, 2.75) is 20.1 Å². The molecule has 0 aliphatic carbocycles. The van der Waals surface area contributed by atoms with E-state index in [0.717, 1.165) is 17.7 Å². The van der Waals surface area contributed by atoms with E-state index in [-0.39, 0.29) is 11.6 Å². The van der Waals surface area contributed by atoms with Gasteiger partial charge in [0.2, 0.25) is 0 Å². The second kappa shape index (κ2) is 6.85. The van der Waals surface area contributed by atoms with Gasteiger partial charge in [0, 0.05) is 18.9 Å². The van der Waals surface area contributed by atoms with Crippen LogP contribution >= 0.6 is 0 Å². The summed E-state index contributed by atoms with van der Waals surface area (Å²) in [6.07, 6.45) is 3.38. The van der Waals surface area contributed by atoms with Crippen molar-refractivity contribution in [1.29, 1.82) is 0 Å². The molecule has 0 atom stereocenters. The number of aromatic nitrogens is 1. The highest BCUT2D eigenvalue weighted by atomic mass is 19.1. The molecular weight excluding hydrogens is 243 g/mol. The first-order valence-corrected chi connectivity index (χ1v) is 6.30. The van der Waals surface area contributed by atoms with E-state index < -0.39 is 0 Å². The molecule has 0 radical (unpaired) electrons. The summed E-state index contributed by atoms with van der Waals surface area (Å²) in [5.74, 6) is -0.0541. The number of pyridine rings is 1. The molecule has 1 aromatic carbocycles. The number of ether oxygens (including phenoxy) is 1. The molecule has 1 heterocycles. The maximum absolute atomic E-state index is 13.8. The summed E-state index contributed by atoms with van der Waals surface area (Å²) in [4.78, 5) is 3.92. The lowest BCUT2D eigenvalue weighted by atomic mass is 10.2. The van der Waals surface area contributed by atoms with Gasteiger partial charge in [0.15, 0.2) is 11.6 Å². The summed E-state index contributed by atoms with van der Waals surface area (Å²) >= 11 is 0. The molecule has 0 spiro atoms. The van der Waals surface area contributed by atoms with Gasteiger partial charge in [-0.2, -0.15) is 0 Å². The van der Waals surface area contributed by atoms with E-state index in [9.17, 15) is 4.39 Å². The lowest BCUT2D eigenvalue weighted by molar-refractivity contribution is 0.290. The van der Waals surface area contributed by atoms with Crippen molar-refractivity contribution in [3.05, 3.63) is 59.7 Å². The fraction of sp³-hybridized carbons (Fsp3) is 0.267. The standard InChI is InChI=1S/C15H17FN2O/c1-2-17-10-13-3-4-15(14(16)9-13)19-11-12-5-7-18-8-6-12/h3-9,17H,2,10-11H2,1H3. The highest BCUT2D eigenvalue weighted by Gasteiger charge is 2.05. The van der Waals surface area contributed by atoms with Crippen molar-refractivity contribution >= 4 is 0 Å². The highest BCUT2D eigenvalue weighted by molar-refractivity contribution is 5.29. The number of nitrogens with one attached hydrogen (secondary N) is 1. The van der Waals surface area contributed by atoms with Crippen LogP contribution in [0, 0.1) is 5.82 Å². The Balaban J connectivity index is 1.97. The van der Waals surface area contributed by atoms with E-state index in [1.165, 1.54) is 6.07 Å². The fourth-order valence-electron chi connectivity index (χ4n) is 1.68. The smallest absolute Gasteiger partial charge is 0.165 e. The maximum Gasteiger partial charge on any atom is 0.165 e. The molecule has 2 rings (SSSR count). The van der Waals surface area contributed by atoms with Crippen LogP contribution in [-0.2, 0) is 13.2 Å². The number of benzene rings is 1. The normalized spacial score (nSPS) is 10.4. The van der Waals surface area contributed by atoms with Gasteiger partial charge in [0.1, 0.15) is 6.61 Å². The van der Waals surface area contributed by atoms with Gasteiger partial charge in [-0.25, -0.2) is 4.39 Å². The molecule has 2 aromatic rings. The van der Waals surface area contributed by atoms with E-state index in [1.54, 1.807) is 18.5 Å². The molecule has 0 saturated carbocycles. The van der Waals surface area contributed by atoms with Gasteiger partial charge in [0.05, 0.1) is 0 Å². The van der Waals surface area contributed by atoms with Crippen LogP contribution < -0.4 is 10.1 Å². The summed E-state index contributed by atoms with van der Waals surface area (Å²) in [6, 6.07) is 8.73. The largest absolute Gasteiger partial charge is 0.486 e. The van der Waals surface area contributed by atoms with Crippen molar-refractivity contribution in [3.8, 4) is 5.75 Å². The van der Waals surface area contributed by atoms with Crippen LogP contribution in [0.5, 0.6) is 5.75 Å². The average molecular weight is 260 g/mol. The summed E-state index contributed by atoms with van der Waals surface area (Å²) in [7, 11) is 0. The lowest BCUT2D eigenvalue weighted by Crippen LogP contribution is -2.11. The van der Waals surface area contributed by atoms with Crippen LogP contribution in [-0.4, -0.2) is 11.5 Å². The molecule has 0 saturated heterocycles.